The molecule has 2 heterocycles. The topological polar surface area (TPSA) is 55.0 Å². The van der Waals surface area contributed by atoms with Crippen molar-refractivity contribution in [3.05, 3.63) is 28.1 Å². The van der Waals surface area contributed by atoms with Gasteiger partial charge in [-0.15, -0.1) is 16.4 Å². The molecule has 0 saturated heterocycles. The van der Waals surface area contributed by atoms with E-state index in [2.05, 4.69) is 32.0 Å². The van der Waals surface area contributed by atoms with Gasteiger partial charge in [-0.1, -0.05) is 10.6 Å². The molecule has 1 aliphatic rings. The number of nitrogens with two attached hydrogens (primary N) is 1. The summed E-state index contributed by atoms with van der Waals surface area (Å²) < 4.78 is 3.89. The molecule has 0 unspecified atom stereocenters. The molecule has 0 radical (unpaired) electrons. The van der Waals surface area contributed by atoms with Gasteiger partial charge in [-0.2, -0.15) is 0 Å². The smallest absolute Gasteiger partial charge is 0.132 e. The molecule has 4 nitrogen and oxygen atoms in total. The van der Waals surface area contributed by atoms with E-state index >= 15 is 0 Å². The lowest BCUT2D eigenvalue weighted by Gasteiger charge is -2.19. The van der Waals surface area contributed by atoms with Gasteiger partial charge in [0.15, 0.2) is 0 Å². The second-order valence-corrected chi connectivity index (χ2v) is 6.12. The Morgan fingerprint density at radius 2 is 2.29 bits per heavy atom. The lowest BCUT2D eigenvalue weighted by molar-refractivity contribution is 0.245. The molecule has 0 bridgehead atoms. The highest BCUT2D eigenvalue weighted by atomic mass is 32.1. The van der Waals surface area contributed by atoms with Gasteiger partial charge in [-0.05, 0) is 24.3 Å². The average molecular weight is 266 g/mol. The second kappa shape index (κ2) is 4.72. The SMILES string of the molecule is Nc1snnc1CN(Cc1cccs1)C1CC1. The van der Waals surface area contributed by atoms with Crippen LogP contribution in [-0.2, 0) is 13.1 Å². The van der Waals surface area contributed by atoms with Crippen LogP contribution in [0.15, 0.2) is 17.5 Å². The third-order valence-corrected chi connectivity index (χ3v) is 4.40. The summed E-state index contributed by atoms with van der Waals surface area (Å²) in [6, 6.07) is 4.99. The van der Waals surface area contributed by atoms with Crippen LogP contribution in [0.2, 0.25) is 0 Å². The largest absolute Gasteiger partial charge is 0.388 e. The Morgan fingerprint density at radius 1 is 1.41 bits per heavy atom. The van der Waals surface area contributed by atoms with Gasteiger partial charge in [-0.25, -0.2) is 0 Å². The van der Waals surface area contributed by atoms with Crippen LogP contribution >= 0.6 is 22.9 Å². The van der Waals surface area contributed by atoms with Crippen molar-refractivity contribution >= 4 is 27.9 Å². The molecule has 2 aromatic heterocycles. The zero-order valence-corrected chi connectivity index (χ0v) is 11.0. The van der Waals surface area contributed by atoms with Crippen LogP contribution in [0.3, 0.4) is 0 Å². The van der Waals surface area contributed by atoms with Crippen molar-refractivity contribution in [2.45, 2.75) is 32.0 Å². The Hall–Kier alpha value is -0.980. The van der Waals surface area contributed by atoms with Gasteiger partial charge in [0.05, 0.1) is 0 Å². The van der Waals surface area contributed by atoms with E-state index in [1.54, 1.807) is 11.3 Å². The number of hydrogen-bond donors (Lipinski definition) is 1. The summed E-state index contributed by atoms with van der Waals surface area (Å²) in [6.07, 6.45) is 2.59. The van der Waals surface area contributed by atoms with Crippen LogP contribution in [0, 0.1) is 0 Å². The Morgan fingerprint density at radius 3 is 2.88 bits per heavy atom. The number of thiophene rings is 1. The first-order valence-corrected chi connectivity index (χ1v) is 7.31. The first kappa shape index (κ1) is 11.1. The first-order valence-electron chi connectivity index (χ1n) is 5.66. The second-order valence-electron chi connectivity index (χ2n) is 4.30. The lowest BCUT2D eigenvalue weighted by atomic mass is 10.3. The Balaban J connectivity index is 1.70. The van der Waals surface area contributed by atoms with Gasteiger partial charge < -0.3 is 5.73 Å². The molecular weight excluding hydrogens is 252 g/mol. The van der Waals surface area contributed by atoms with Crippen molar-refractivity contribution in [1.82, 2.24) is 14.5 Å². The van der Waals surface area contributed by atoms with Crippen LogP contribution < -0.4 is 5.73 Å². The zero-order valence-electron chi connectivity index (χ0n) is 9.37. The summed E-state index contributed by atoms with van der Waals surface area (Å²) in [5.41, 5.74) is 6.78. The van der Waals surface area contributed by atoms with Crippen molar-refractivity contribution < 1.29 is 0 Å². The molecule has 0 spiro atoms. The maximum atomic E-state index is 5.85. The summed E-state index contributed by atoms with van der Waals surface area (Å²) in [6.45, 7) is 1.82. The fourth-order valence-electron chi connectivity index (χ4n) is 1.87. The maximum absolute atomic E-state index is 5.85. The van der Waals surface area contributed by atoms with E-state index in [-0.39, 0.29) is 0 Å². The predicted octanol–water partition coefficient (Wildman–Crippen LogP) is 2.35. The van der Waals surface area contributed by atoms with Gasteiger partial charge in [-0.3, -0.25) is 4.90 Å². The molecule has 1 saturated carbocycles. The van der Waals surface area contributed by atoms with Crippen molar-refractivity contribution in [3.8, 4) is 0 Å². The highest BCUT2D eigenvalue weighted by Crippen LogP contribution is 2.31. The van der Waals surface area contributed by atoms with Crippen LogP contribution in [0.5, 0.6) is 0 Å². The maximum Gasteiger partial charge on any atom is 0.132 e. The van der Waals surface area contributed by atoms with E-state index in [0.29, 0.717) is 6.04 Å². The third kappa shape index (κ3) is 2.65. The molecule has 0 aromatic carbocycles. The van der Waals surface area contributed by atoms with Gasteiger partial charge in [0, 0.05) is 35.5 Å². The molecule has 6 heteroatoms. The number of aromatic nitrogens is 2. The molecule has 2 aromatic rings. The Kier molecular flexibility index (Phi) is 3.09. The molecule has 17 heavy (non-hydrogen) atoms. The monoisotopic (exact) mass is 266 g/mol. The van der Waals surface area contributed by atoms with Gasteiger partial charge >= 0.3 is 0 Å². The molecule has 1 aliphatic carbocycles. The third-order valence-electron chi connectivity index (χ3n) is 2.94. The number of nitrogen functional groups attached to an aromatic ring is 1. The molecule has 3 rings (SSSR count). The Bertz CT molecular complexity index is 475. The lowest BCUT2D eigenvalue weighted by Crippen LogP contribution is -2.25. The van der Waals surface area contributed by atoms with Gasteiger partial charge in [0.2, 0.25) is 0 Å². The van der Waals surface area contributed by atoms with E-state index in [4.69, 9.17) is 5.73 Å². The standard InChI is InChI=1S/C11H14N4S2/c12-11-10(13-14-17-11)7-15(8-3-4-8)6-9-2-1-5-16-9/h1-2,5,8H,3-4,6-7,12H2. The van der Waals surface area contributed by atoms with Gasteiger partial charge in [0.1, 0.15) is 10.7 Å². The highest BCUT2D eigenvalue weighted by Gasteiger charge is 2.30. The zero-order chi connectivity index (χ0) is 11.7. The fourth-order valence-corrected chi connectivity index (χ4v) is 3.04. The average Bonchev–Trinajstić information content (AvgIpc) is 2.91. The van der Waals surface area contributed by atoms with E-state index in [1.807, 2.05) is 0 Å². The number of nitrogens with zero attached hydrogens (tertiary/aromatic N) is 3. The van der Waals surface area contributed by atoms with E-state index < -0.39 is 0 Å². The van der Waals surface area contributed by atoms with E-state index in [0.717, 1.165) is 23.8 Å². The predicted molar refractivity (Wildman–Crippen MR) is 70.9 cm³/mol. The quantitative estimate of drug-likeness (QED) is 0.902. The van der Waals surface area contributed by atoms with Crippen molar-refractivity contribution in [1.29, 1.82) is 0 Å². The van der Waals surface area contributed by atoms with Crippen LogP contribution in [0.1, 0.15) is 23.4 Å². The molecule has 2 N–H and O–H groups in total. The van der Waals surface area contributed by atoms with E-state index in [1.165, 1.54) is 29.3 Å². The minimum absolute atomic E-state index is 0.707. The summed E-state index contributed by atoms with van der Waals surface area (Å²) in [7, 11) is 0. The van der Waals surface area contributed by atoms with Crippen molar-refractivity contribution in [2.75, 3.05) is 5.73 Å². The number of rotatable bonds is 5. The number of hydrogen-bond acceptors (Lipinski definition) is 6. The molecule has 0 atom stereocenters. The first-order chi connectivity index (χ1) is 8.33. The van der Waals surface area contributed by atoms with Crippen LogP contribution in [0.25, 0.3) is 0 Å². The van der Waals surface area contributed by atoms with Gasteiger partial charge in [0.25, 0.3) is 0 Å². The highest BCUT2D eigenvalue weighted by molar-refractivity contribution is 7.10. The van der Waals surface area contributed by atoms with Crippen LogP contribution in [-0.4, -0.2) is 20.5 Å². The summed E-state index contributed by atoms with van der Waals surface area (Å²) >= 11 is 3.09. The number of anilines is 1. The summed E-state index contributed by atoms with van der Waals surface area (Å²) in [5.74, 6) is 0. The molecule has 0 amide bonds. The van der Waals surface area contributed by atoms with Crippen molar-refractivity contribution in [3.63, 3.8) is 0 Å². The van der Waals surface area contributed by atoms with Crippen LogP contribution in [0.4, 0.5) is 5.00 Å². The normalized spacial score (nSPS) is 15.6. The summed E-state index contributed by atoms with van der Waals surface area (Å²) in [4.78, 5) is 3.86. The van der Waals surface area contributed by atoms with E-state index in [9.17, 15) is 0 Å². The fraction of sp³-hybridized carbons (Fsp3) is 0.455. The molecule has 0 aliphatic heterocycles. The molecule has 1 fully saturated rings. The minimum atomic E-state index is 0.707. The summed E-state index contributed by atoms with van der Waals surface area (Å²) in [5, 5.41) is 6.98. The molecular formula is C11H14N4S2. The minimum Gasteiger partial charge on any atom is -0.388 e. The molecule has 90 valence electrons. The Labute approximate surface area is 108 Å². The van der Waals surface area contributed by atoms with Crippen molar-refractivity contribution in [2.24, 2.45) is 0 Å².